The lowest BCUT2D eigenvalue weighted by molar-refractivity contribution is -0.137. The summed E-state index contributed by atoms with van der Waals surface area (Å²) in [6, 6.07) is 13.4. The summed E-state index contributed by atoms with van der Waals surface area (Å²) in [5.74, 6) is -0.736. The van der Waals surface area contributed by atoms with Crippen LogP contribution in [0.25, 0.3) is 10.1 Å². The van der Waals surface area contributed by atoms with Crippen molar-refractivity contribution < 1.29 is 22.8 Å². The molecule has 0 radical (unpaired) electrons. The number of alkyl halides is 3. The highest BCUT2D eigenvalue weighted by Gasteiger charge is 2.30. The number of benzene rings is 2. The van der Waals surface area contributed by atoms with Gasteiger partial charge in [0.25, 0.3) is 11.8 Å². The van der Waals surface area contributed by atoms with E-state index in [0.29, 0.717) is 4.88 Å². The molecule has 3 rings (SSSR count). The molecule has 2 aromatic carbocycles. The standard InChI is InChI=1S/C19H15F3N2O2S/c20-19(21,22)14-7-5-12(6-8-14)17(25)23-9-10-24-18(26)16-11-13-3-1-2-4-15(13)27-16/h1-8,11H,9-10H2,(H,23,25)(H,24,26). The Morgan fingerprint density at radius 1 is 0.889 bits per heavy atom. The zero-order chi connectivity index (χ0) is 19.4. The van der Waals surface area contributed by atoms with Gasteiger partial charge in [0.2, 0.25) is 0 Å². The van der Waals surface area contributed by atoms with E-state index in [1.54, 1.807) is 6.07 Å². The lowest BCUT2D eigenvalue weighted by Crippen LogP contribution is -2.34. The van der Waals surface area contributed by atoms with Crippen molar-refractivity contribution in [2.45, 2.75) is 6.18 Å². The number of rotatable bonds is 5. The van der Waals surface area contributed by atoms with E-state index in [2.05, 4.69) is 10.6 Å². The van der Waals surface area contributed by atoms with Crippen LogP contribution in [-0.4, -0.2) is 24.9 Å². The number of fused-ring (bicyclic) bond motifs is 1. The topological polar surface area (TPSA) is 58.2 Å². The van der Waals surface area contributed by atoms with E-state index >= 15 is 0 Å². The van der Waals surface area contributed by atoms with Crippen LogP contribution in [0.5, 0.6) is 0 Å². The van der Waals surface area contributed by atoms with Crippen LogP contribution in [0.3, 0.4) is 0 Å². The van der Waals surface area contributed by atoms with Crippen molar-refractivity contribution in [2.24, 2.45) is 0 Å². The van der Waals surface area contributed by atoms with Gasteiger partial charge in [-0.1, -0.05) is 18.2 Å². The monoisotopic (exact) mass is 392 g/mol. The van der Waals surface area contributed by atoms with Gasteiger partial charge in [0.1, 0.15) is 0 Å². The Balaban J connectivity index is 1.48. The maximum Gasteiger partial charge on any atom is 0.416 e. The predicted molar refractivity (Wildman–Crippen MR) is 97.9 cm³/mol. The smallest absolute Gasteiger partial charge is 0.350 e. The second-order valence-corrected chi connectivity index (χ2v) is 6.82. The predicted octanol–water partition coefficient (Wildman–Crippen LogP) is 4.08. The Morgan fingerprint density at radius 2 is 1.52 bits per heavy atom. The number of hydrogen-bond donors (Lipinski definition) is 2. The van der Waals surface area contributed by atoms with Crippen LogP contribution in [0.4, 0.5) is 13.2 Å². The maximum atomic E-state index is 12.5. The van der Waals surface area contributed by atoms with Crippen LogP contribution in [-0.2, 0) is 6.18 Å². The fourth-order valence-corrected chi connectivity index (χ4v) is 3.42. The molecule has 0 saturated carbocycles. The first kappa shape index (κ1) is 18.9. The fourth-order valence-electron chi connectivity index (χ4n) is 2.45. The summed E-state index contributed by atoms with van der Waals surface area (Å²) < 4.78 is 38.6. The number of carbonyl (C=O) groups is 2. The number of thiophene rings is 1. The molecule has 3 aromatic rings. The van der Waals surface area contributed by atoms with Crippen molar-refractivity contribution in [2.75, 3.05) is 13.1 Å². The summed E-state index contributed by atoms with van der Waals surface area (Å²) in [6.45, 7) is 0.371. The SMILES string of the molecule is O=C(NCCNC(=O)c1cc2ccccc2s1)c1ccc(C(F)(F)F)cc1. The highest BCUT2D eigenvalue weighted by Crippen LogP contribution is 2.29. The zero-order valence-corrected chi connectivity index (χ0v) is 14.8. The molecule has 2 amide bonds. The Kier molecular flexibility index (Phi) is 5.46. The van der Waals surface area contributed by atoms with E-state index in [4.69, 9.17) is 0 Å². The van der Waals surface area contributed by atoms with E-state index in [1.807, 2.05) is 24.3 Å². The number of hydrogen-bond acceptors (Lipinski definition) is 3. The minimum Gasteiger partial charge on any atom is -0.350 e. The van der Waals surface area contributed by atoms with Gasteiger partial charge in [0.15, 0.2) is 0 Å². The van der Waals surface area contributed by atoms with Gasteiger partial charge < -0.3 is 10.6 Å². The van der Waals surface area contributed by atoms with Gasteiger partial charge in [-0.3, -0.25) is 9.59 Å². The van der Waals surface area contributed by atoms with Crippen LogP contribution >= 0.6 is 11.3 Å². The summed E-state index contributed by atoms with van der Waals surface area (Å²) in [4.78, 5) is 24.6. The Morgan fingerprint density at radius 3 is 2.15 bits per heavy atom. The van der Waals surface area contributed by atoms with Crippen molar-refractivity contribution in [1.29, 1.82) is 0 Å². The lowest BCUT2D eigenvalue weighted by atomic mass is 10.1. The second-order valence-electron chi connectivity index (χ2n) is 5.74. The van der Waals surface area contributed by atoms with Crippen LogP contribution in [0.15, 0.2) is 54.6 Å². The molecule has 140 valence electrons. The van der Waals surface area contributed by atoms with Gasteiger partial charge in [-0.05, 0) is 41.8 Å². The van der Waals surface area contributed by atoms with E-state index in [1.165, 1.54) is 11.3 Å². The average Bonchev–Trinajstić information content (AvgIpc) is 3.08. The lowest BCUT2D eigenvalue weighted by Gasteiger charge is -2.09. The van der Waals surface area contributed by atoms with Crippen LogP contribution in [0.2, 0.25) is 0 Å². The molecule has 4 nitrogen and oxygen atoms in total. The zero-order valence-electron chi connectivity index (χ0n) is 14.0. The van der Waals surface area contributed by atoms with Gasteiger partial charge in [-0.15, -0.1) is 11.3 Å². The maximum absolute atomic E-state index is 12.5. The number of carbonyl (C=O) groups excluding carboxylic acids is 2. The van der Waals surface area contributed by atoms with Crippen molar-refractivity contribution in [3.05, 3.63) is 70.6 Å². The fraction of sp³-hybridized carbons (Fsp3) is 0.158. The Bertz CT molecular complexity index is 932. The van der Waals surface area contributed by atoms with Crippen molar-refractivity contribution in [3.8, 4) is 0 Å². The molecule has 0 atom stereocenters. The normalized spacial score (nSPS) is 11.4. The first-order chi connectivity index (χ1) is 12.8. The Hall–Kier alpha value is -2.87. The molecule has 2 N–H and O–H groups in total. The van der Waals surface area contributed by atoms with Gasteiger partial charge in [-0.25, -0.2) is 0 Å². The third-order valence-corrected chi connectivity index (χ3v) is 4.93. The molecule has 0 aliphatic heterocycles. The van der Waals surface area contributed by atoms with E-state index in [-0.39, 0.29) is 24.6 Å². The van der Waals surface area contributed by atoms with Gasteiger partial charge in [0.05, 0.1) is 10.4 Å². The van der Waals surface area contributed by atoms with Gasteiger partial charge in [-0.2, -0.15) is 13.2 Å². The number of amides is 2. The highest BCUT2D eigenvalue weighted by atomic mass is 32.1. The van der Waals surface area contributed by atoms with Crippen LogP contribution < -0.4 is 10.6 Å². The third kappa shape index (κ3) is 4.65. The molecule has 0 unspecified atom stereocenters. The van der Waals surface area contributed by atoms with Gasteiger partial charge >= 0.3 is 6.18 Å². The molecule has 27 heavy (non-hydrogen) atoms. The molecule has 8 heteroatoms. The van der Waals surface area contributed by atoms with Crippen molar-refractivity contribution >= 4 is 33.2 Å². The third-order valence-electron chi connectivity index (χ3n) is 3.82. The molecule has 0 fully saturated rings. The molecular weight excluding hydrogens is 377 g/mol. The highest BCUT2D eigenvalue weighted by molar-refractivity contribution is 7.20. The minimum atomic E-state index is -4.44. The van der Waals surface area contributed by atoms with E-state index in [0.717, 1.165) is 34.4 Å². The first-order valence-corrected chi connectivity index (χ1v) is 8.88. The molecule has 0 aliphatic carbocycles. The summed E-state index contributed by atoms with van der Waals surface area (Å²) in [6.07, 6.45) is -4.44. The average molecular weight is 392 g/mol. The largest absolute Gasteiger partial charge is 0.416 e. The van der Waals surface area contributed by atoms with Gasteiger partial charge in [0, 0.05) is 23.4 Å². The minimum absolute atomic E-state index is 0.124. The Labute approximate surface area is 157 Å². The summed E-state index contributed by atoms with van der Waals surface area (Å²) in [5.41, 5.74) is -0.687. The molecule has 0 spiro atoms. The second kappa shape index (κ2) is 7.79. The summed E-state index contributed by atoms with van der Waals surface area (Å²) in [7, 11) is 0. The number of halogens is 3. The summed E-state index contributed by atoms with van der Waals surface area (Å²) >= 11 is 1.38. The van der Waals surface area contributed by atoms with E-state index in [9.17, 15) is 22.8 Å². The molecule has 0 bridgehead atoms. The van der Waals surface area contributed by atoms with Crippen molar-refractivity contribution in [3.63, 3.8) is 0 Å². The molecule has 1 heterocycles. The number of nitrogens with one attached hydrogen (secondary N) is 2. The quantitative estimate of drug-likeness (QED) is 0.643. The molecule has 0 aliphatic rings. The van der Waals surface area contributed by atoms with Crippen LogP contribution in [0.1, 0.15) is 25.6 Å². The molecule has 0 saturated heterocycles. The van der Waals surface area contributed by atoms with Crippen molar-refractivity contribution in [1.82, 2.24) is 10.6 Å². The first-order valence-electron chi connectivity index (χ1n) is 8.07. The molecular formula is C19H15F3N2O2S. The van der Waals surface area contributed by atoms with Crippen LogP contribution in [0, 0.1) is 0 Å². The van der Waals surface area contributed by atoms with E-state index < -0.39 is 17.6 Å². The summed E-state index contributed by atoms with van der Waals surface area (Å²) in [5, 5.41) is 6.25. The molecule has 1 aromatic heterocycles.